The molecule has 2 aromatic carbocycles. The number of likely N-dealkylation sites (tertiary alicyclic amines) is 1. The van der Waals surface area contributed by atoms with E-state index in [1.54, 1.807) is 7.11 Å². The maximum Gasteiger partial charge on any atom is 0.234 e. The lowest BCUT2D eigenvalue weighted by molar-refractivity contribution is -0.119. The van der Waals surface area contributed by atoms with Crippen molar-refractivity contribution in [1.29, 1.82) is 0 Å². The van der Waals surface area contributed by atoms with Crippen LogP contribution in [-0.4, -0.2) is 54.5 Å². The van der Waals surface area contributed by atoms with E-state index in [1.807, 2.05) is 49.4 Å². The predicted molar refractivity (Wildman–Crippen MR) is 127 cm³/mol. The van der Waals surface area contributed by atoms with Gasteiger partial charge in [0, 0.05) is 36.9 Å². The van der Waals surface area contributed by atoms with Crippen LogP contribution in [0.4, 0.5) is 5.69 Å². The number of nitrogens with one attached hydrogen (secondary N) is 2. The van der Waals surface area contributed by atoms with Crippen molar-refractivity contribution in [3.05, 3.63) is 59.7 Å². The summed E-state index contributed by atoms with van der Waals surface area (Å²) in [4.78, 5) is 26.7. The van der Waals surface area contributed by atoms with Crippen molar-refractivity contribution >= 4 is 29.3 Å². The van der Waals surface area contributed by atoms with Crippen LogP contribution in [0.1, 0.15) is 24.0 Å². The molecule has 2 aromatic rings. The normalized spacial score (nSPS) is 14.8. The molecule has 0 unspecified atom stereocenters. The molecule has 0 spiro atoms. The molecule has 1 heterocycles. The molecule has 2 N–H and O–H groups in total. The molecule has 0 bridgehead atoms. The van der Waals surface area contributed by atoms with Crippen LogP contribution in [0.5, 0.6) is 5.75 Å². The largest absolute Gasteiger partial charge is 0.496 e. The molecule has 31 heavy (non-hydrogen) atoms. The van der Waals surface area contributed by atoms with E-state index in [0.29, 0.717) is 5.75 Å². The number of thioether (sulfide) groups is 1. The second-order valence-electron chi connectivity index (χ2n) is 7.84. The highest BCUT2D eigenvalue weighted by molar-refractivity contribution is 8.00. The van der Waals surface area contributed by atoms with Gasteiger partial charge in [-0.25, -0.2) is 0 Å². The predicted octanol–water partition coefficient (Wildman–Crippen LogP) is 3.46. The monoisotopic (exact) mass is 441 g/mol. The quantitative estimate of drug-likeness (QED) is 0.624. The minimum atomic E-state index is -0.0898. The number of hydrogen-bond acceptors (Lipinski definition) is 5. The number of carbonyl (C=O) groups excluding carboxylic acids is 2. The van der Waals surface area contributed by atoms with Gasteiger partial charge in [-0.2, -0.15) is 0 Å². The van der Waals surface area contributed by atoms with Gasteiger partial charge in [0.1, 0.15) is 5.75 Å². The molecule has 0 saturated carbocycles. The number of carbonyl (C=O) groups is 2. The molecule has 2 amide bonds. The van der Waals surface area contributed by atoms with Crippen LogP contribution >= 0.6 is 11.8 Å². The molecule has 0 radical (unpaired) electrons. The maximum atomic E-state index is 12.3. The molecule has 3 rings (SSSR count). The zero-order chi connectivity index (χ0) is 22.1. The van der Waals surface area contributed by atoms with Gasteiger partial charge in [0.05, 0.1) is 18.6 Å². The third kappa shape index (κ3) is 7.60. The van der Waals surface area contributed by atoms with Gasteiger partial charge in [0.25, 0.3) is 0 Å². The summed E-state index contributed by atoms with van der Waals surface area (Å²) in [5, 5.41) is 5.98. The maximum absolute atomic E-state index is 12.3. The molecule has 1 aliphatic rings. The number of para-hydroxylation sites is 1. The zero-order valence-electron chi connectivity index (χ0n) is 18.2. The van der Waals surface area contributed by atoms with E-state index >= 15 is 0 Å². The molecule has 166 valence electrons. The van der Waals surface area contributed by atoms with Crippen molar-refractivity contribution in [2.75, 3.05) is 37.0 Å². The van der Waals surface area contributed by atoms with Crippen molar-refractivity contribution < 1.29 is 14.3 Å². The van der Waals surface area contributed by atoms with E-state index in [-0.39, 0.29) is 23.6 Å². The topological polar surface area (TPSA) is 70.7 Å². The Balaban J connectivity index is 1.32. The highest BCUT2D eigenvalue weighted by atomic mass is 32.2. The molecule has 0 atom stereocenters. The molecule has 6 nitrogen and oxygen atoms in total. The number of anilines is 1. The standard InChI is InChI=1S/C24H31N3O3S/c1-18-6-5-8-21(14-18)26-24(29)17-31-16-23(28)25-20-10-12-27(13-11-20)15-19-7-3-4-9-22(19)30-2/h3-9,14,20H,10-13,15-17H2,1-2H3,(H,25,28)(H,26,29). The lowest BCUT2D eigenvalue weighted by Crippen LogP contribution is -2.45. The Hall–Kier alpha value is -2.51. The van der Waals surface area contributed by atoms with Crippen molar-refractivity contribution in [2.24, 2.45) is 0 Å². The van der Waals surface area contributed by atoms with Gasteiger partial charge in [-0.05, 0) is 43.5 Å². The minimum Gasteiger partial charge on any atom is -0.496 e. The van der Waals surface area contributed by atoms with Gasteiger partial charge in [0.15, 0.2) is 0 Å². The third-order valence-electron chi connectivity index (χ3n) is 5.31. The van der Waals surface area contributed by atoms with Gasteiger partial charge in [-0.1, -0.05) is 30.3 Å². The van der Waals surface area contributed by atoms with Crippen LogP contribution < -0.4 is 15.4 Å². The molecule has 0 aliphatic carbocycles. The fraction of sp³-hybridized carbons (Fsp3) is 0.417. The molecule has 1 aliphatic heterocycles. The SMILES string of the molecule is COc1ccccc1CN1CCC(NC(=O)CSCC(=O)Nc2cccc(C)c2)CC1. The Bertz CT molecular complexity index is 882. The summed E-state index contributed by atoms with van der Waals surface area (Å²) in [6.07, 6.45) is 1.86. The minimum absolute atomic E-state index is 0.00321. The first-order valence-electron chi connectivity index (χ1n) is 10.6. The number of methoxy groups -OCH3 is 1. The summed E-state index contributed by atoms with van der Waals surface area (Å²) in [7, 11) is 1.70. The first-order valence-corrected chi connectivity index (χ1v) is 11.8. The first-order chi connectivity index (χ1) is 15.0. The zero-order valence-corrected chi connectivity index (χ0v) is 19.0. The number of hydrogen-bond donors (Lipinski definition) is 2. The summed E-state index contributed by atoms with van der Waals surface area (Å²) in [6.45, 7) is 4.72. The Kier molecular flexibility index (Phi) is 8.79. The Morgan fingerprint density at radius 2 is 1.81 bits per heavy atom. The Morgan fingerprint density at radius 1 is 1.06 bits per heavy atom. The van der Waals surface area contributed by atoms with Crippen molar-refractivity contribution in [1.82, 2.24) is 10.2 Å². The summed E-state index contributed by atoms with van der Waals surface area (Å²) < 4.78 is 5.44. The first kappa shape index (κ1) is 23.2. The van der Waals surface area contributed by atoms with Crippen LogP contribution in [0.25, 0.3) is 0 Å². The molecule has 1 fully saturated rings. The number of benzene rings is 2. The number of nitrogens with zero attached hydrogens (tertiary/aromatic N) is 1. The summed E-state index contributed by atoms with van der Waals surface area (Å²) in [5.74, 6) is 1.38. The molecular weight excluding hydrogens is 410 g/mol. The Morgan fingerprint density at radius 3 is 2.55 bits per heavy atom. The van der Waals surface area contributed by atoms with Crippen LogP contribution in [0, 0.1) is 6.92 Å². The highest BCUT2D eigenvalue weighted by Gasteiger charge is 2.21. The average Bonchev–Trinajstić information content (AvgIpc) is 2.75. The van der Waals surface area contributed by atoms with Crippen LogP contribution in [0.3, 0.4) is 0 Å². The van der Waals surface area contributed by atoms with Crippen molar-refractivity contribution in [2.45, 2.75) is 32.4 Å². The highest BCUT2D eigenvalue weighted by Crippen LogP contribution is 2.21. The van der Waals surface area contributed by atoms with E-state index in [9.17, 15) is 9.59 Å². The van der Waals surface area contributed by atoms with E-state index in [0.717, 1.165) is 49.5 Å². The van der Waals surface area contributed by atoms with Gasteiger partial charge in [0.2, 0.25) is 11.8 Å². The van der Waals surface area contributed by atoms with Crippen molar-refractivity contribution in [3.8, 4) is 5.75 Å². The van der Waals surface area contributed by atoms with Crippen LogP contribution in [0.2, 0.25) is 0 Å². The smallest absolute Gasteiger partial charge is 0.234 e. The average molecular weight is 442 g/mol. The number of rotatable bonds is 9. The van der Waals surface area contributed by atoms with E-state index < -0.39 is 0 Å². The second kappa shape index (κ2) is 11.8. The molecule has 7 heteroatoms. The van der Waals surface area contributed by atoms with E-state index in [4.69, 9.17) is 4.74 Å². The molecular formula is C24H31N3O3S. The third-order valence-corrected chi connectivity index (χ3v) is 6.24. The van der Waals surface area contributed by atoms with E-state index in [1.165, 1.54) is 17.3 Å². The summed E-state index contributed by atoms with van der Waals surface area (Å²) in [5.41, 5.74) is 3.07. The number of aryl methyl sites for hydroxylation is 1. The van der Waals surface area contributed by atoms with Crippen molar-refractivity contribution in [3.63, 3.8) is 0 Å². The van der Waals surface area contributed by atoms with Gasteiger partial charge >= 0.3 is 0 Å². The Labute approximate surface area is 188 Å². The fourth-order valence-electron chi connectivity index (χ4n) is 3.74. The molecule has 0 aromatic heterocycles. The van der Waals surface area contributed by atoms with Gasteiger partial charge in [-0.15, -0.1) is 11.8 Å². The number of piperidine rings is 1. The van der Waals surface area contributed by atoms with Gasteiger partial charge < -0.3 is 15.4 Å². The lowest BCUT2D eigenvalue weighted by Gasteiger charge is -2.32. The van der Waals surface area contributed by atoms with Crippen LogP contribution in [-0.2, 0) is 16.1 Å². The molecule has 1 saturated heterocycles. The van der Waals surface area contributed by atoms with Gasteiger partial charge in [-0.3, -0.25) is 14.5 Å². The number of amides is 2. The number of ether oxygens (including phenoxy) is 1. The summed E-state index contributed by atoms with van der Waals surface area (Å²) >= 11 is 1.34. The lowest BCUT2D eigenvalue weighted by atomic mass is 10.0. The summed E-state index contributed by atoms with van der Waals surface area (Å²) in [6, 6.07) is 16.0. The second-order valence-corrected chi connectivity index (χ2v) is 8.83. The van der Waals surface area contributed by atoms with Crippen LogP contribution in [0.15, 0.2) is 48.5 Å². The fourth-order valence-corrected chi connectivity index (χ4v) is 4.36. The van der Waals surface area contributed by atoms with E-state index in [2.05, 4.69) is 21.6 Å².